The first kappa shape index (κ1) is 32.8. The summed E-state index contributed by atoms with van der Waals surface area (Å²) < 4.78 is 18.4. The molecule has 9 atom stereocenters. The third kappa shape index (κ3) is 6.05. The molecular formula is C34H45N3O8. The van der Waals surface area contributed by atoms with Crippen molar-refractivity contribution in [2.24, 2.45) is 11.8 Å². The normalized spacial score (nSPS) is 34.0. The van der Waals surface area contributed by atoms with E-state index in [-0.39, 0.29) is 37.5 Å². The predicted molar refractivity (Wildman–Crippen MR) is 164 cm³/mol. The zero-order chi connectivity index (χ0) is 32.3. The maximum Gasteiger partial charge on any atom is 0.313 e. The molecule has 3 amide bonds. The van der Waals surface area contributed by atoms with Crippen LogP contribution in [0, 0.1) is 11.8 Å². The number of aliphatic hydroxyl groups excluding tert-OH is 1. The molecule has 244 valence electrons. The average Bonchev–Trinajstić information content (AvgIpc) is 3.42. The molecule has 0 aliphatic carbocycles. The fourth-order valence-electron chi connectivity index (χ4n) is 7.38. The highest BCUT2D eigenvalue weighted by Gasteiger charge is 2.72. The maximum absolute atomic E-state index is 14.5. The van der Waals surface area contributed by atoms with Gasteiger partial charge in [-0.05, 0) is 32.3 Å². The van der Waals surface area contributed by atoms with Gasteiger partial charge < -0.3 is 34.4 Å². The van der Waals surface area contributed by atoms with Gasteiger partial charge in [0.2, 0.25) is 17.7 Å². The molecule has 4 aliphatic rings. The standard InChI is InChI=1S/C34H45N3O8/c1-5-12-21(2)36-18-11-17-34-28(31(40)37(22(3)19-38)30(34)32(36)41)27-25(45-34)15-9-10-16-26(39)35-24(20-43-4)29(44-33(27)42)23-13-7-6-8-14-23/h6-9,11,13-15,17,21-22,24-25,27-30,38H,5,10,12,16,18-20H2,1-4H3,(H,35,39)/b15-9-/t21?,22-,24+,25+,27-,28-,29+,30+,34-/m1/s1. The number of benzene rings is 1. The third-order valence-electron chi connectivity index (χ3n) is 9.51. The summed E-state index contributed by atoms with van der Waals surface area (Å²) in [6, 6.07) is 6.54. The monoisotopic (exact) mass is 623 g/mol. The van der Waals surface area contributed by atoms with Crippen LogP contribution >= 0.6 is 0 Å². The second kappa shape index (κ2) is 13.8. The minimum absolute atomic E-state index is 0.0815. The molecule has 0 bridgehead atoms. The van der Waals surface area contributed by atoms with Gasteiger partial charge in [0.15, 0.2) is 0 Å². The Morgan fingerprint density at radius 1 is 1.09 bits per heavy atom. The van der Waals surface area contributed by atoms with E-state index in [9.17, 15) is 24.3 Å². The minimum Gasteiger partial charge on any atom is -0.455 e. The highest BCUT2D eigenvalue weighted by Crippen LogP contribution is 2.54. The molecule has 2 N–H and O–H groups in total. The van der Waals surface area contributed by atoms with Crippen molar-refractivity contribution in [2.75, 3.05) is 26.9 Å². The molecule has 1 spiro atoms. The van der Waals surface area contributed by atoms with Crippen molar-refractivity contribution < 1.29 is 38.5 Å². The molecule has 45 heavy (non-hydrogen) atoms. The fourth-order valence-corrected chi connectivity index (χ4v) is 7.38. The van der Waals surface area contributed by atoms with Crippen LogP contribution in [0.15, 0.2) is 54.6 Å². The number of cyclic esters (lactones) is 1. The fraction of sp³-hybridized carbons (Fsp3) is 0.588. The molecule has 1 aromatic carbocycles. The number of aliphatic hydroxyl groups is 1. The van der Waals surface area contributed by atoms with E-state index in [1.54, 1.807) is 30.1 Å². The number of carbonyl (C=O) groups excluding carboxylic acids is 4. The van der Waals surface area contributed by atoms with Crippen LogP contribution in [0.3, 0.4) is 0 Å². The summed E-state index contributed by atoms with van der Waals surface area (Å²) in [5.74, 6) is -3.77. The van der Waals surface area contributed by atoms with Crippen molar-refractivity contribution in [1.29, 1.82) is 0 Å². The molecule has 11 nitrogen and oxygen atoms in total. The third-order valence-corrected chi connectivity index (χ3v) is 9.51. The summed E-state index contributed by atoms with van der Waals surface area (Å²) in [5, 5.41) is 13.2. The zero-order valence-corrected chi connectivity index (χ0v) is 26.5. The topological polar surface area (TPSA) is 135 Å². The SMILES string of the molecule is CCCC(C)N1CC=C[C@@]23O[C@H]4/C=C\CCC(=O)N[C@@H](COC)[C@H](c5ccccc5)OC(=O)[C@H]4[C@@H]2C(=O)N([C@H](C)CO)[C@H]3C1=O. The summed E-state index contributed by atoms with van der Waals surface area (Å²) in [7, 11) is 1.51. The van der Waals surface area contributed by atoms with E-state index >= 15 is 0 Å². The average molecular weight is 624 g/mol. The number of rotatable bonds is 8. The molecule has 4 aliphatic heterocycles. The lowest BCUT2D eigenvalue weighted by Crippen LogP contribution is -2.58. The van der Waals surface area contributed by atoms with Crippen molar-refractivity contribution in [3.05, 3.63) is 60.2 Å². The van der Waals surface area contributed by atoms with E-state index in [0.717, 1.165) is 12.8 Å². The van der Waals surface area contributed by atoms with Gasteiger partial charge in [0, 0.05) is 26.1 Å². The number of nitrogens with zero attached hydrogens (tertiary/aromatic N) is 2. The van der Waals surface area contributed by atoms with Crippen molar-refractivity contribution in [2.45, 2.75) is 88.4 Å². The number of hydrogen-bond donors (Lipinski definition) is 2. The summed E-state index contributed by atoms with van der Waals surface area (Å²) >= 11 is 0. The summed E-state index contributed by atoms with van der Waals surface area (Å²) in [5.41, 5.74) is -0.804. The van der Waals surface area contributed by atoms with Gasteiger partial charge in [-0.1, -0.05) is 68.0 Å². The van der Waals surface area contributed by atoms with Crippen LogP contribution in [0.25, 0.3) is 0 Å². The van der Waals surface area contributed by atoms with Crippen molar-refractivity contribution in [1.82, 2.24) is 15.1 Å². The Kier molecular flexibility index (Phi) is 10.1. The molecule has 11 heteroatoms. The Morgan fingerprint density at radius 3 is 2.53 bits per heavy atom. The molecule has 0 saturated carbocycles. The highest BCUT2D eigenvalue weighted by atomic mass is 16.6. The van der Waals surface area contributed by atoms with Crippen molar-refractivity contribution in [3.8, 4) is 0 Å². The first-order valence-electron chi connectivity index (χ1n) is 16.0. The van der Waals surface area contributed by atoms with Gasteiger partial charge in [0.05, 0.1) is 37.3 Å². The van der Waals surface area contributed by atoms with Gasteiger partial charge in [-0.2, -0.15) is 0 Å². The number of likely N-dealkylation sites (tertiary alicyclic amines) is 1. The number of carbonyl (C=O) groups is 4. The second-order valence-electron chi connectivity index (χ2n) is 12.5. The van der Waals surface area contributed by atoms with Crippen LogP contribution in [-0.2, 0) is 33.4 Å². The van der Waals surface area contributed by atoms with E-state index in [2.05, 4.69) is 12.2 Å². The lowest BCUT2D eigenvalue weighted by molar-refractivity contribution is -0.163. The Labute approximate surface area is 264 Å². The van der Waals surface area contributed by atoms with E-state index in [1.807, 2.05) is 43.3 Å². The van der Waals surface area contributed by atoms with Gasteiger partial charge in [0.1, 0.15) is 23.7 Å². The first-order valence-corrected chi connectivity index (χ1v) is 16.0. The predicted octanol–water partition coefficient (Wildman–Crippen LogP) is 2.30. The van der Waals surface area contributed by atoms with Gasteiger partial charge in [-0.3, -0.25) is 19.2 Å². The van der Waals surface area contributed by atoms with Crippen LogP contribution in [0.5, 0.6) is 0 Å². The van der Waals surface area contributed by atoms with Crippen LogP contribution in [0.2, 0.25) is 0 Å². The summed E-state index contributed by atoms with van der Waals surface area (Å²) in [6.07, 6.45) is 7.53. The smallest absolute Gasteiger partial charge is 0.313 e. The van der Waals surface area contributed by atoms with Crippen LogP contribution < -0.4 is 5.32 Å². The molecule has 0 radical (unpaired) electrons. The Balaban J connectivity index is 1.61. The van der Waals surface area contributed by atoms with E-state index in [0.29, 0.717) is 18.5 Å². The Morgan fingerprint density at radius 2 is 1.84 bits per heavy atom. The van der Waals surface area contributed by atoms with Gasteiger partial charge in [-0.25, -0.2) is 0 Å². The maximum atomic E-state index is 14.5. The largest absolute Gasteiger partial charge is 0.455 e. The summed E-state index contributed by atoms with van der Waals surface area (Å²) in [4.78, 5) is 59.4. The van der Waals surface area contributed by atoms with Crippen molar-refractivity contribution in [3.63, 3.8) is 0 Å². The van der Waals surface area contributed by atoms with Gasteiger partial charge in [0.25, 0.3) is 0 Å². The van der Waals surface area contributed by atoms with E-state index < -0.39 is 59.6 Å². The lowest BCUT2D eigenvalue weighted by atomic mass is 9.77. The highest BCUT2D eigenvalue weighted by molar-refractivity contribution is 5.99. The number of hydrogen-bond acceptors (Lipinski definition) is 8. The molecule has 0 aromatic heterocycles. The number of amides is 3. The molecule has 1 aromatic rings. The number of nitrogens with one attached hydrogen (secondary N) is 1. The Hall–Kier alpha value is -3.54. The zero-order valence-electron chi connectivity index (χ0n) is 26.5. The lowest BCUT2D eigenvalue weighted by Gasteiger charge is -2.39. The molecule has 2 fully saturated rings. The number of esters is 1. The Bertz CT molecular complexity index is 1320. The van der Waals surface area contributed by atoms with E-state index in [4.69, 9.17) is 14.2 Å². The molecular weight excluding hydrogens is 578 g/mol. The molecule has 2 saturated heterocycles. The van der Waals surface area contributed by atoms with E-state index in [1.165, 1.54) is 12.0 Å². The summed E-state index contributed by atoms with van der Waals surface area (Å²) in [6.45, 7) is 5.78. The molecule has 5 rings (SSSR count). The van der Waals surface area contributed by atoms with Crippen molar-refractivity contribution >= 4 is 23.7 Å². The number of allylic oxidation sites excluding steroid dienone is 1. The number of methoxy groups -OCH3 is 1. The first-order chi connectivity index (χ1) is 21.7. The molecule has 4 heterocycles. The van der Waals surface area contributed by atoms with Crippen LogP contribution in [0.4, 0.5) is 0 Å². The minimum atomic E-state index is -1.46. The van der Waals surface area contributed by atoms with Gasteiger partial charge >= 0.3 is 5.97 Å². The second-order valence-corrected chi connectivity index (χ2v) is 12.5. The number of fused-ring (bicyclic) bond motifs is 2. The van der Waals surface area contributed by atoms with Crippen LogP contribution in [-0.4, -0.2) is 101 Å². The quantitative estimate of drug-likeness (QED) is 0.333. The number of ether oxygens (including phenoxy) is 3. The molecule has 1 unspecified atom stereocenters. The van der Waals surface area contributed by atoms with Crippen LogP contribution in [0.1, 0.15) is 58.1 Å². The van der Waals surface area contributed by atoms with Gasteiger partial charge in [-0.15, -0.1) is 0 Å².